The quantitative estimate of drug-likeness (QED) is 0.330. The standard InChI is InChI=1S/C23H29N5O4/c29-15-27(32)14-17(13-16-5-1-2-6-16)23(31)28-21(10-12-25-28)22(30)26-20-9-3-8-19-18(20)7-4-11-24-19/h3-4,7-9,11,15-17,21,25,32H,1-2,5-6,10,12-14H2,(H,26,30)/t17?,21-/m0/s1. The normalized spacial score (nSPS) is 19.8. The van der Waals surface area contributed by atoms with E-state index in [1.807, 2.05) is 30.3 Å². The number of aromatic nitrogens is 1. The van der Waals surface area contributed by atoms with Crippen molar-refractivity contribution in [3.8, 4) is 0 Å². The summed E-state index contributed by atoms with van der Waals surface area (Å²) in [6.07, 6.45) is 7.43. The van der Waals surface area contributed by atoms with Gasteiger partial charge in [-0.1, -0.05) is 31.7 Å². The van der Waals surface area contributed by atoms with E-state index < -0.39 is 12.0 Å². The number of amides is 3. The second kappa shape index (κ2) is 10.1. The number of hydrogen-bond donors (Lipinski definition) is 3. The van der Waals surface area contributed by atoms with Gasteiger partial charge in [-0.25, -0.2) is 10.5 Å². The van der Waals surface area contributed by atoms with Gasteiger partial charge >= 0.3 is 0 Å². The molecule has 1 unspecified atom stereocenters. The smallest absolute Gasteiger partial charge is 0.248 e. The van der Waals surface area contributed by atoms with Crippen LogP contribution < -0.4 is 10.7 Å². The minimum Gasteiger partial charge on any atom is -0.324 e. The lowest BCUT2D eigenvalue weighted by Gasteiger charge is -2.30. The van der Waals surface area contributed by atoms with Crippen LogP contribution in [0.25, 0.3) is 10.9 Å². The van der Waals surface area contributed by atoms with Crippen molar-refractivity contribution in [3.63, 3.8) is 0 Å². The van der Waals surface area contributed by atoms with E-state index in [1.165, 1.54) is 5.01 Å². The summed E-state index contributed by atoms with van der Waals surface area (Å²) in [4.78, 5) is 41.8. The molecule has 4 rings (SSSR count). The molecule has 0 spiro atoms. The van der Waals surface area contributed by atoms with Gasteiger partial charge in [-0.05, 0) is 43.0 Å². The van der Waals surface area contributed by atoms with Crippen molar-refractivity contribution in [1.82, 2.24) is 20.5 Å². The van der Waals surface area contributed by atoms with E-state index in [-0.39, 0.29) is 18.4 Å². The first-order valence-electron chi connectivity index (χ1n) is 11.2. The van der Waals surface area contributed by atoms with Crippen molar-refractivity contribution in [1.29, 1.82) is 0 Å². The van der Waals surface area contributed by atoms with Gasteiger partial charge in [-0.15, -0.1) is 0 Å². The highest BCUT2D eigenvalue weighted by molar-refractivity contribution is 6.04. The first-order valence-corrected chi connectivity index (χ1v) is 11.2. The highest BCUT2D eigenvalue weighted by Gasteiger charge is 2.39. The Balaban J connectivity index is 1.49. The molecule has 3 amide bonds. The Bertz CT molecular complexity index is 973. The largest absolute Gasteiger partial charge is 0.324 e. The maximum absolute atomic E-state index is 13.4. The molecule has 1 aromatic heterocycles. The molecule has 2 aliphatic rings. The molecule has 3 N–H and O–H groups in total. The molecule has 2 aromatic rings. The zero-order chi connectivity index (χ0) is 22.5. The minimum absolute atomic E-state index is 0.0830. The molecular weight excluding hydrogens is 410 g/mol. The number of hydrazine groups is 1. The lowest BCUT2D eigenvalue weighted by Crippen LogP contribution is -2.51. The zero-order valence-corrected chi connectivity index (χ0v) is 17.9. The number of rotatable bonds is 8. The van der Waals surface area contributed by atoms with Gasteiger partial charge in [0.1, 0.15) is 6.04 Å². The highest BCUT2D eigenvalue weighted by Crippen LogP contribution is 2.32. The fraction of sp³-hybridized carbons (Fsp3) is 0.478. The molecule has 1 saturated heterocycles. The van der Waals surface area contributed by atoms with E-state index in [4.69, 9.17) is 0 Å². The Labute approximate surface area is 186 Å². The third kappa shape index (κ3) is 4.89. The Morgan fingerprint density at radius 1 is 1.25 bits per heavy atom. The molecule has 0 radical (unpaired) electrons. The Hall–Kier alpha value is -3.04. The summed E-state index contributed by atoms with van der Waals surface area (Å²) in [6, 6.07) is 8.54. The monoisotopic (exact) mass is 439 g/mol. The third-order valence-corrected chi connectivity index (χ3v) is 6.43. The summed E-state index contributed by atoms with van der Waals surface area (Å²) < 4.78 is 0. The summed E-state index contributed by atoms with van der Waals surface area (Å²) in [6.45, 7) is 0.411. The van der Waals surface area contributed by atoms with Crippen molar-refractivity contribution in [2.24, 2.45) is 11.8 Å². The number of anilines is 1. The molecule has 170 valence electrons. The molecule has 32 heavy (non-hydrogen) atoms. The van der Waals surface area contributed by atoms with Crippen LogP contribution in [0.2, 0.25) is 0 Å². The van der Waals surface area contributed by atoms with Gasteiger partial charge in [0, 0.05) is 18.1 Å². The van der Waals surface area contributed by atoms with E-state index in [2.05, 4.69) is 15.7 Å². The van der Waals surface area contributed by atoms with Crippen LogP contribution >= 0.6 is 0 Å². The number of benzene rings is 1. The number of nitrogens with one attached hydrogen (secondary N) is 2. The van der Waals surface area contributed by atoms with Gasteiger partial charge in [0.15, 0.2) is 0 Å². The second-order valence-electron chi connectivity index (χ2n) is 8.60. The Kier molecular flexibility index (Phi) is 6.96. The van der Waals surface area contributed by atoms with Crippen LogP contribution in [0.1, 0.15) is 38.5 Å². The second-order valence-corrected chi connectivity index (χ2v) is 8.60. The number of fused-ring (bicyclic) bond motifs is 1. The molecule has 0 bridgehead atoms. The van der Waals surface area contributed by atoms with Gasteiger partial charge < -0.3 is 5.32 Å². The van der Waals surface area contributed by atoms with Gasteiger partial charge in [-0.2, -0.15) is 0 Å². The SMILES string of the molecule is O=CN(O)CC(CC1CCCC1)C(=O)N1NCC[C@H]1C(=O)Nc1cccc2ncccc12. The maximum atomic E-state index is 13.4. The number of carbonyl (C=O) groups excluding carboxylic acids is 3. The van der Waals surface area contributed by atoms with Crippen LogP contribution in [0.15, 0.2) is 36.5 Å². The number of hydroxylamine groups is 2. The summed E-state index contributed by atoms with van der Waals surface area (Å²) in [5, 5.41) is 15.4. The van der Waals surface area contributed by atoms with Crippen molar-refractivity contribution in [2.45, 2.75) is 44.6 Å². The number of pyridine rings is 1. The first kappa shape index (κ1) is 22.2. The zero-order valence-electron chi connectivity index (χ0n) is 17.9. The van der Waals surface area contributed by atoms with Crippen molar-refractivity contribution in [2.75, 3.05) is 18.4 Å². The van der Waals surface area contributed by atoms with Crippen LogP contribution in [0.4, 0.5) is 5.69 Å². The average molecular weight is 440 g/mol. The highest BCUT2D eigenvalue weighted by atomic mass is 16.5. The van der Waals surface area contributed by atoms with Crippen molar-refractivity contribution >= 4 is 34.8 Å². The summed E-state index contributed by atoms with van der Waals surface area (Å²) >= 11 is 0. The Morgan fingerprint density at radius 3 is 2.84 bits per heavy atom. The van der Waals surface area contributed by atoms with Gasteiger partial charge in [-0.3, -0.25) is 29.6 Å². The van der Waals surface area contributed by atoms with E-state index in [9.17, 15) is 19.6 Å². The van der Waals surface area contributed by atoms with Gasteiger partial charge in [0.25, 0.3) is 0 Å². The molecule has 1 aliphatic carbocycles. The van der Waals surface area contributed by atoms with E-state index in [0.29, 0.717) is 42.5 Å². The molecule has 2 fully saturated rings. The van der Waals surface area contributed by atoms with E-state index in [1.54, 1.807) is 6.20 Å². The molecule has 1 saturated carbocycles. The first-order chi connectivity index (χ1) is 15.6. The minimum atomic E-state index is -0.677. The van der Waals surface area contributed by atoms with Crippen LogP contribution in [0.3, 0.4) is 0 Å². The third-order valence-electron chi connectivity index (χ3n) is 6.43. The fourth-order valence-corrected chi connectivity index (χ4v) is 4.84. The lowest BCUT2D eigenvalue weighted by molar-refractivity contribution is -0.159. The van der Waals surface area contributed by atoms with Crippen LogP contribution in [-0.2, 0) is 14.4 Å². The van der Waals surface area contributed by atoms with Crippen LogP contribution in [0.5, 0.6) is 0 Å². The topological polar surface area (TPSA) is 115 Å². The molecule has 2 atom stereocenters. The van der Waals surface area contributed by atoms with E-state index >= 15 is 0 Å². The lowest BCUT2D eigenvalue weighted by atomic mass is 9.92. The summed E-state index contributed by atoms with van der Waals surface area (Å²) in [5.41, 5.74) is 4.45. The molecular formula is C23H29N5O4. The van der Waals surface area contributed by atoms with Gasteiger partial charge in [0.05, 0.1) is 23.7 Å². The number of nitrogens with zero attached hydrogens (tertiary/aromatic N) is 3. The molecule has 1 aromatic carbocycles. The van der Waals surface area contributed by atoms with Crippen LogP contribution in [0, 0.1) is 11.8 Å². The Morgan fingerprint density at radius 2 is 2.06 bits per heavy atom. The molecule has 2 heterocycles. The van der Waals surface area contributed by atoms with Crippen LogP contribution in [-0.4, -0.2) is 57.6 Å². The number of carbonyl (C=O) groups is 3. The molecule has 9 nitrogen and oxygen atoms in total. The van der Waals surface area contributed by atoms with Gasteiger partial charge in [0.2, 0.25) is 18.2 Å². The molecule has 9 heteroatoms. The van der Waals surface area contributed by atoms with E-state index in [0.717, 1.165) is 36.6 Å². The predicted molar refractivity (Wildman–Crippen MR) is 118 cm³/mol. The number of hydrogen-bond acceptors (Lipinski definition) is 6. The molecule has 1 aliphatic heterocycles. The van der Waals surface area contributed by atoms with Crippen molar-refractivity contribution < 1.29 is 19.6 Å². The average Bonchev–Trinajstić information content (AvgIpc) is 3.50. The summed E-state index contributed by atoms with van der Waals surface area (Å²) in [7, 11) is 0. The maximum Gasteiger partial charge on any atom is 0.248 e. The van der Waals surface area contributed by atoms with Crippen molar-refractivity contribution in [3.05, 3.63) is 36.5 Å². The predicted octanol–water partition coefficient (Wildman–Crippen LogP) is 2.32. The summed E-state index contributed by atoms with van der Waals surface area (Å²) in [5.74, 6) is -0.733. The fourth-order valence-electron chi connectivity index (χ4n) is 4.84.